The van der Waals surface area contributed by atoms with Crippen LogP contribution in [0.4, 0.5) is 0 Å². The monoisotopic (exact) mass is 362 g/mol. The molecule has 0 fully saturated rings. The number of hydrogen-bond acceptors (Lipinski definition) is 8. The van der Waals surface area contributed by atoms with E-state index in [4.69, 9.17) is 20.7 Å². The smallest absolute Gasteiger partial charge is 0.370 e. The van der Waals surface area contributed by atoms with Gasteiger partial charge in [0.05, 0.1) is 12.6 Å². The predicted molar refractivity (Wildman–Crippen MR) is 85.2 cm³/mol. The van der Waals surface area contributed by atoms with Gasteiger partial charge in [-0.25, -0.2) is 4.79 Å². The van der Waals surface area contributed by atoms with E-state index in [2.05, 4.69) is 5.32 Å². The molecule has 5 atom stereocenters. The molecule has 1 aliphatic heterocycles. The second kappa shape index (κ2) is 10.3. The van der Waals surface area contributed by atoms with E-state index in [9.17, 15) is 24.9 Å². The summed E-state index contributed by atoms with van der Waals surface area (Å²) in [6, 6.07) is -1.18. The molecule has 0 aromatic carbocycles. The van der Waals surface area contributed by atoms with Crippen molar-refractivity contribution in [3.05, 3.63) is 11.8 Å². The molecule has 0 aromatic rings. The number of aliphatic hydroxyl groups is 4. The SMILES string of the molecule is NCCCCCC(=O)N[C@H]1[C@H]([C@H](O)[C@H](O)CO)OC(C(=O)O)=C[C@@H]1O. The van der Waals surface area contributed by atoms with Gasteiger partial charge in [-0.15, -0.1) is 0 Å². The number of carbonyl (C=O) groups is 2. The number of carbonyl (C=O) groups excluding carboxylic acids is 1. The number of aliphatic hydroxyl groups excluding tert-OH is 4. The molecule has 1 rings (SSSR count). The number of ether oxygens (including phenoxy) is 1. The minimum atomic E-state index is -1.72. The number of nitrogens with two attached hydrogens (primary N) is 1. The van der Waals surface area contributed by atoms with Gasteiger partial charge in [-0.3, -0.25) is 4.79 Å². The lowest BCUT2D eigenvalue weighted by Crippen LogP contribution is -2.60. The molecule has 144 valence electrons. The molecule has 0 aromatic heterocycles. The Kier molecular flexibility index (Phi) is 8.79. The normalized spacial score (nSPS) is 25.5. The standard InChI is InChI=1S/C15H26N2O8/c16-5-3-1-2-4-11(21)17-12-8(19)6-10(15(23)24)25-14(12)13(22)9(20)7-18/h6,8-9,12-14,18-20,22H,1-5,7,16H2,(H,17,21)(H,23,24)/t8-,9+,12+,13+,14+/m0/s1. The predicted octanol–water partition coefficient (Wildman–Crippen LogP) is -2.57. The summed E-state index contributed by atoms with van der Waals surface area (Å²) >= 11 is 0. The molecule has 1 aliphatic rings. The van der Waals surface area contributed by atoms with Crippen LogP contribution in [0.25, 0.3) is 0 Å². The molecular formula is C15H26N2O8. The summed E-state index contributed by atoms with van der Waals surface area (Å²) in [6.07, 6.45) is -3.07. The molecule has 0 bridgehead atoms. The highest BCUT2D eigenvalue weighted by Gasteiger charge is 2.43. The first-order valence-electron chi connectivity index (χ1n) is 8.08. The van der Waals surface area contributed by atoms with Gasteiger partial charge < -0.3 is 41.3 Å². The highest BCUT2D eigenvalue weighted by molar-refractivity contribution is 5.84. The molecule has 0 unspecified atom stereocenters. The minimum Gasteiger partial charge on any atom is -0.478 e. The number of unbranched alkanes of at least 4 members (excludes halogenated alkanes) is 2. The van der Waals surface area contributed by atoms with Crippen molar-refractivity contribution in [1.29, 1.82) is 0 Å². The summed E-state index contributed by atoms with van der Waals surface area (Å²) in [5, 5.41) is 50.2. The average molecular weight is 362 g/mol. The Labute approximate surface area is 144 Å². The lowest BCUT2D eigenvalue weighted by atomic mass is 9.93. The maximum absolute atomic E-state index is 12.0. The maximum atomic E-state index is 12.0. The number of nitrogens with one attached hydrogen (secondary N) is 1. The lowest BCUT2D eigenvalue weighted by molar-refractivity contribution is -0.149. The first kappa shape index (κ1) is 21.3. The molecule has 0 aliphatic carbocycles. The van der Waals surface area contributed by atoms with Crippen molar-refractivity contribution in [2.24, 2.45) is 5.73 Å². The van der Waals surface area contributed by atoms with Crippen LogP contribution in [0, 0.1) is 0 Å². The van der Waals surface area contributed by atoms with Crippen LogP contribution in [-0.2, 0) is 14.3 Å². The van der Waals surface area contributed by atoms with Crippen molar-refractivity contribution in [1.82, 2.24) is 5.32 Å². The summed E-state index contributed by atoms with van der Waals surface area (Å²) < 4.78 is 5.11. The van der Waals surface area contributed by atoms with Crippen molar-refractivity contribution in [3.63, 3.8) is 0 Å². The molecular weight excluding hydrogens is 336 g/mol. The molecule has 0 saturated heterocycles. The van der Waals surface area contributed by atoms with Gasteiger partial charge in [-0.1, -0.05) is 6.42 Å². The topological polar surface area (TPSA) is 183 Å². The van der Waals surface area contributed by atoms with Gasteiger partial charge in [0.25, 0.3) is 0 Å². The summed E-state index contributed by atoms with van der Waals surface area (Å²) in [5.74, 6) is -2.51. The molecule has 1 heterocycles. The fourth-order valence-corrected chi connectivity index (χ4v) is 2.48. The van der Waals surface area contributed by atoms with Crippen LogP contribution in [-0.4, -0.2) is 81.0 Å². The Balaban J connectivity index is 2.83. The van der Waals surface area contributed by atoms with Crippen LogP contribution < -0.4 is 11.1 Å². The van der Waals surface area contributed by atoms with Crippen LogP contribution in [0.15, 0.2) is 11.8 Å². The Morgan fingerprint density at radius 3 is 2.52 bits per heavy atom. The van der Waals surface area contributed by atoms with E-state index >= 15 is 0 Å². The highest BCUT2D eigenvalue weighted by Crippen LogP contribution is 2.23. The Bertz CT molecular complexity index is 484. The third-order valence-corrected chi connectivity index (χ3v) is 3.87. The van der Waals surface area contributed by atoms with E-state index in [1.165, 1.54) is 0 Å². The molecule has 8 N–H and O–H groups in total. The van der Waals surface area contributed by atoms with Crippen LogP contribution in [0.5, 0.6) is 0 Å². The Hall–Kier alpha value is -1.72. The van der Waals surface area contributed by atoms with Gasteiger partial charge in [-0.2, -0.15) is 0 Å². The summed E-state index contributed by atoms with van der Waals surface area (Å²) in [5.41, 5.74) is 5.37. The average Bonchev–Trinajstić information content (AvgIpc) is 2.58. The molecule has 25 heavy (non-hydrogen) atoms. The number of amides is 1. The van der Waals surface area contributed by atoms with Crippen molar-refractivity contribution in [3.8, 4) is 0 Å². The summed E-state index contributed by atoms with van der Waals surface area (Å²) in [7, 11) is 0. The van der Waals surface area contributed by atoms with Crippen LogP contribution >= 0.6 is 0 Å². The second-order valence-corrected chi connectivity index (χ2v) is 5.84. The van der Waals surface area contributed by atoms with Gasteiger partial charge in [0, 0.05) is 6.42 Å². The van der Waals surface area contributed by atoms with Crippen molar-refractivity contribution >= 4 is 11.9 Å². The van der Waals surface area contributed by atoms with Gasteiger partial charge in [-0.05, 0) is 25.5 Å². The van der Waals surface area contributed by atoms with Crippen molar-refractivity contribution < 1.29 is 39.9 Å². The maximum Gasteiger partial charge on any atom is 0.370 e. The van der Waals surface area contributed by atoms with E-state index in [0.717, 1.165) is 18.9 Å². The molecule has 10 nitrogen and oxygen atoms in total. The van der Waals surface area contributed by atoms with Crippen LogP contribution in [0.2, 0.25) is 0 Å². The first-order valence-corrected chi connectivity index (χ1v) is 8.08. The van der Waals surface area contributed by atoms with Gasteiger partial charge >= 0.3 is 5.97 Å². The zero-order chi connectivity index (χ0) is 19.0. The number of aliphatic carboxylic acids is 1. The molecule has 10 heteroatoms. The zero-order valence-electron chi connectivity index (χ0n) is 13.7. The lowest BCUT2D eigenvalue weighted by Gasteiger charge is -2.38. The fraction of sp³-hybridized carbons (Fsp3) is 0.733. The molecule has 0 saturated carbocycles. The Morgan fingerprint density at radius 1 is 1.28 bits per heavy atom. The number of carboxylic acid groups (broad SMARTS) is 1. The van der Waals surface area contributed by atoms with E-state index < -0.39 is 54.7 Å². The first-order chi connectivity index (χ1) is 11.8. The minimum absolute atomic E-state index is 0.157. The van der Waals surface area contributed by atoms with Crippen LogP contribution in [0.1, 0.15) is 25.7 Å². The van der Waals surface area contributed by atoms with E-state index in [1.807, 2.05) is 0 Å². The largest absolute Gasteiger partial charge is 0.478 e. The zero-order valence-corrected chi connectivity index (χ0v) is 13.7. The molecule has 1 amide bonds. The summed E-state index contributed by atoms with van der Waals surface area (Å²) in [4.78, 5) is 23.0. The van der Waals surface area contributed by atoms with Crippen LogP contribution in [0.3, 0.4) is 0 Å². The van der Waals surface area contributed by atoms with Gasteiger partial charge in [0.1, 0.15) is 18.3 Å². The molecule has 0 radical (unpaired) electrons. The number of carboxylic acids is 1. The fourth-order valence-electron chi connectivity index (χ4n) is 2.48. The van der Waals surface area contributed by atoms with E-state index in [1.54, 1.807) is 0 Å². The second-order valence-electron chi connectivity index (χ2n) is 5.84. The van der Waals surface area contributed by atoms with E-state index in [-0.39, 0.29) is 6.42 Å². The Morgan fingerprint density at radius 2 is 1.96 bits per heavy atom. The quantitative estimate of drug-likeness (QED) is 0.205. The highest BCUT2D eigenvalue weighted by atomic mass is 16.5. The summed E-state index contributed by atoms with van der Waals surface area (Å²) in [6.45, 7) is -0.282. The van der Waals surface area contributed by atoms with E-state index in [0.29, 0.717) is 13.0 Å². The van der Waals surface area contributed by atoms with Gasteiger partial charge in [0.2, 0.25) is 11.7 Å². The third-order valence-electron chi connectivity index (χ3n) is 3.87. The number of hydrogen-bond donors (Lipinski definition) is 7. The third kappa shape index (κ3) is 6.25. The molecule has 0 spiro atoms. The van der Waals surface area contributed by atoms with Crippen molar-refractivity contribution in [2.75, 3.05) is 13.2 Å². The van der Waals surface area contributed by atoms with Crippen molar-refractivity contribution in [2.45, 2.75) is 56.1 Å². The van der Waals surface area contributed by atoms with Gasteiger partial charge in [0.15, 0.2) is 6.10 Å². The number of rotatable bonds is 10.